The Hall–Kier alpha value is -2.16. The van der Waals surface area contributed by atoms with Gasteiger partial charge >= 0.3 is 0 Å². The Bertz CT molecular complexity index is 840. The molecule has 0 saturated carbocycles. The molecule has 1 aromatic heterocycles. The third-order valence-corrected chi connectivity index (χ3v) is 4.66. The summed E-state index contributed by atoms with van der Waals surface area (Å²) in [6, 6.07) is 15.9. The van der Waals surface area contributed by atoms with Gasteiger partial charge in [0.15, 0.2) is 5.16 Å². The van der Waals surface area contributed by atoms with Gasteiger partial charge in [-0.1, -0.05) is 29.8 Å². The summed E-state index contributed by atoms with van der Waals surface area (Å²) in [6.45, 7) is 2.05. The van der Waals surface area contributed by atoms with Crippen LogP contribution < -0.4 is 16.6 Å². The van der Waals surface area contributed by atoms with E-state index in [-0.39, 0.29) is 0 Å². The third kappa shape index (κ3) is 4.22. The van der Waals surface area contributed by atoms with Crippen molar-refractivity contribution in [2.75, 3.05) is 10.7 Å². The zero-order valence-corrected chi connectivity index (χ0v) is 15.2. The molecule has 24 heavy (non-hydrogen) atoms. The molecule has 0 aliphatic rings. The van der Waals surface area contributed by atoms with Crippen molar-refractivity contribution in [3.05, 3.63) is 58.6 Å². The predicted octanol–water partition coefficient (Wildman–Crippen LogP) is 4.12. The molecule has 0 radical (unpaired) electrons. The number of nitrogens with two attached hydrogens (primary N) is 1. The number of benzene rings is 2. The zero-order valence-electron chi connectivity index (χ0n) is 12.8. The molecule has 0 bridgehead atoms. The van der Waals surface area contributed by atoms with E-state index >= 15 is 0 Å². The van der Waals surface area contributed by atoms with E-state index in [9.17, 15) is 0 Å². The smallest absolute Gasteiger partial charge is 0.242 e. The number of nitrogens with zero attached hydrogens (tertiary/aromatic N) is 3. The number of hydrazine groups is 1. The molecule has 0 aliphatic heterocycles. The van der Waals surface area contributed by atoms with Gasteiger partial charge in [0.25, 0.3) is 0 Å². The number of para-hydroxylation sites is 1. The third-order valence-electron chi connectivity index (χ3n) is 3.09. The Morgan fingerprint density at radius 1 is 0.958 bits per heavy atom. The number of aromatic nitrogens is 3. The fourth-order valence-corrected chi connectivity index (χ4v) is 3.05. The molecule has 0 spiro atoms. The number of halogens is 1. The van der Waals surface area contributed by atoms with Crippen molar-refractivity contribution < 1.29 is 0 Å². The summed E-state index contributed by atoms with van der Waals surface area (Å²) in [7, 11) is 0. The minimum atomic E-state index is 0.300. The second-order valence-corrected chi connectivity index (χ2v) is 6.82. The van der Waals surface area contributed by atoms with Crippen molar-refractivity contribution in [2.24, 2.45) is 5.84 Å². The van der Waals surface area contributed by atoms with Gasteiger partial charge in [0.1, 0.15) is 0 Å². The zero-order chi connectivity index (χ0) is 16.9. The van der Waals surface area contributed by atoms with Crippen LogP contribution in [0.1, 0.15) is 5.56 Å². The molecule has 3 aromatic rings. The second kappa shape index (κ2) is 7.61. The van der Waals surface area contributed by atoms with Crippen LogP contribution in [0.4, 0.5) is 17.6 Å². The minimum absolute atomic E-state index is 0.300. The van der Waals surface area contributed by atoms with Crippen molar-refractivity contribution in [2.45, 2.75) is 17.0 Å². The Morgan fingerprint density at radius 2 is 1.67 bits per heavy atom. The number of anilines is 3. The van der Waals surface area contributed by atoms with Crippen LogP contribution in [0.2, 0.25) is 0 Å². The van der Waals surface area contributed by atoms with E-state index in [4.69, 9.17) is 5.84 Å². The van der Waals surface area contributed by atoms with Gasteiger partial charge in [0.05, 0.1) is 5.69 Å². The summed E-state index contributed by atoms with van der Waals surface area (Å²) in [4.78, 5) is 14.0. The molecule has 8 heteroatoms. The van der Waals surface area contributed by atoms with Crippen molar-refractivity contribution in [3.63, 3.8) is 0 Å². The lowest BCUT2D eigenvalue weighted by Crippen LogP contribution is -2.13. The van der Waals surface area contributed by atoms with Crippen LogP contribution in [-0.2, 0) is 0 Å². The van der Waals surface area contributed by atoms with Crippen molar-refractivity contribution in [1.82, 2.24) is 15.0 Å². The molecule has 0 aliphatic carbocycles. The first-order valence-electron chi connectivity index (χ1n) is 7.13. The molecule has 0 unspecified atom stereocenters. The van der Waals surface area contributed by atoms with Gasteiger partial charge in [-0.05, 0) is 58.9 Å². The molecular weight excluding hydrogens is 388 g/mol. The molecule has 3 rings (SSSR count). The lowest BCUT2D eigenvalue weighted by Gasteiger charge is -2.09. The quantitative estimate of drug-likeness (QED) is 0.436. The highest BCUT2D eigenvalue weighted by molar-refractivity contribution is 9.10. The van der Waals surface area contributed by atoms with E-state index in [1.807, 2.05) is 55.5 Å². The van der Waals surface area contributed by atoms with Gasteiger partial charge in [0, 0.05) is 9.37 Å². The fourth-order valence-electron chi connectivity index (χ4n) is 1.92. The maximum absolute atomic E-state index is 5.48. The summed E-state index contributed by atoms with van der Waals surface area (Å²) < 4.78 is 0.917. The number of aryl methyl sites for hydroxylation is 1. The van der Waals surface area contributed by atoms with Crippen LogP contribution in [0.15, 0.2) is 63.1 Å². The monoisotopic (exact) mass is 402 g/mol. The Morgan fingerprint density at radius 3 is 2.38 bits per heavy atom. The maximum atomic E-state index is 5.48. The van der Waals surface area contributed by atoms with Gasteiger partial charge < -0.3 is 5.32 Å². The standard InChI is InChI=1S/C16H15BrN6S/c1-10-6-8-11(9-7-10)24-16-21-14(20-15(22-16)23-18)19-13-5-3-2-4-12(13)17/h2-9H,18H2,1H3,(H2,19,20,21,22,23). The van der Waals surface area contributed by atoms with Crippen LogP contribution >= 0.6 is 27.7 Å². The summed E-state index contributed by atoms with van der Waals surface area (Å²) >= 11 is 4.93. The van der Waals surface area contributed by atoms with Crippen molar-refractivity contribution in [1.29, 1.82) is 0 Å². The Labute approximate surface area is 152 Å². The van der Waals surface area contributed by atoms with E-state index in [0.717, 1.165) is 15.1 Å². The van der Waals surface area contributed by atoms with Gasteiger partial charge in [-0.15, -0.1) is 0 Å². The topological polar surface area (TPSA) is 88.8 Å². The fraction of sp³-hybridized carbons (Fsp3) is 0.0625. The summed E-state index contributed by atoms with van der Waals surface area (Å²) in [5.41, 5.74) is 4.54. The van der Waals surface area contributed by atoms with E-state index in [0.29, 0.717) is 17.1 Å². The largest absolute Gasteiger partial charge is 0.323 e. The summed E-state index contributed by atoms with van der Waals surface area (Å²) in [5.74, 6) is 6.19. The molecule has 0 amide bonds. The molecule has 0 saturated heterocycles. The minimum Gasteiger partial charge on any atom is -0.323 e. The van der Waals surface area contributed by atoms with E-state index in [1.165, 1.54) is 17.3 Å². The van der Waals surface area contributed by atoms with E-state index in [2.05, 4.69) is 41.6 Å². The number of nitrogen functional groups attached to an aromatic ring is 1. The van der Waals surface area contributed by atoms with Crippen LogP contribution in [0.25, 0.3) is 0 Å². The average molecular weight is 403 g/mol. The van der Waals surface area contributed by atoms with Gasteiger partial charge in [0.2, 0.25) is 11.9 Å². The summed E-state index contributed by atoms with van der Waals surface area (Å²) in [6.07, 6.45) is 0. The number of hydrogen-bond donors (Lipinski definition) is 3. The van der Waals surface area contributed by atoms with E-state index < -0.39 is 0 Å². The predicted molar refractivity (Wildman–Crippen MR) is 100 cm³/mol. The van der Waals surface area contributed by atoms with Crippen LogP contribution in [0, 0.1) is 6.92 Å². The molecule has 1 heterocycles. The lowest BCUT2D eigenvalue weighted by atomic mass is 10.2. The first kappa shape index (κ1) is 16.7. The molecule has 0 atom stereocenters. The molecule has 0 fully saturated rings. The van der Waals surface area contributed by atoms with Gasteiger partial charge in [-0.3, -0.25) is 5.43 Å². The first-order chi connectivity index (χ1) is 11.6. The van der Waals surface area contributed by atoms with Crippen LogP contribution in [-0.4, -0.2) is 15.0 Å². The van der Waals surface area contributed by atoms with Crippen molar-refractivity contribution >= 4 is 45.3 Å². The number of hydrogen-bond acceptors (Lipinski definition) is 7. The maximum Gasteiger partial charge on any atom is 0.242 e. The van der Waals surface area contributed by atoms with Crippen molar-refractivity contribution in [3.8, 4) is 0 Å². The number of nitrogens with one attached hydrogen (secondary N) is 2. The Balaban J connectivity index is 1.87. The second-order valence-electron chi connectivity index (χ2n) is 4.93. The highest BCUT2D eigenvalue weighted by Gasteiger charge is 2.09. The summed E-state index contributed by atoms with van der Waals surface area (Å²) in [5, 5.41) is 3.72. The average Bonchev–Trinajstić information content (AvgIpc) is 2.59. The first-order valence-corrected chi connectivity index (χ1v) is 8.74. The van der Waals surface area contributed by atoms with Crippen LogP contribution in [0.5, 0.6) is 0 Å². The lowest BCUT2D eigenvalue weighted by molar-refractivity contribution is 0.909. The van der Waals surface area contributed by atoms with Gasteiger partial charge in [-0.25, -0.2) is 5.84 Å². The molecule has 4 N–H and O–H groups in total. The highest BCUT2D eigenvalue weighted by Crippen LogP contribution is 2.28. The number of rotatable bonds is 5. The van der Waals surface area contributed by atoms with E-state index in [1.54, 1.807) is 0 Å². The Kier molecular flexibility index (Phi) is 5.29. The SMILES string of the molecule is Cc1ccc(Sc2nc(NN)nc(Nc3ccccc3Br)n2)cc1. The molecule has 6 nitrogen and oxygen atoms in total. The molecule has 122 valence electrons. The molecular formula is C16H15BrN6S. The normalized spacial score (nSPS) is 10.5. The highest BCUT2D eigenvalue weighted by atomic mass is 79.9. The molecule has 2 aromatic carbocycles. The van der Waals surface area contributed by atoms with Gasteiger partial charge in [-0.2, -0.15) is 15.0 Å². The van der Waals surface area contributed by atoms with Crippen LogP contribution in [0.3, 0.4) is 0 Å².